The van der Waals surface area contributed by atoms with Gasteiger partial charge in [0.15, 0.2) is 5.60 Å². The Balaban J connectivity index is 2.49. The van der Waals surface area contributed by atoms with Crippen LogP contribution < -0.4 is 0 Å². The SMILES string of the molecule is CCCCOC(=O)[C@H]1CCC[C@]1(O)C#N. The van der Waals surface area contributed by atoms with Crippen molar-refractivity contribution in [3.05, 3.63) is 0 Å². The van der Waals surface area contributed by atoms with Crippen LogP contribution in [0.15, 0.2) is 0 Å². The summed E-state index contributed by atoms with van der Waals surface area (Å²) in [5.41, 5.74) is -1.50. The molecule has 0 radical (unpaired) electrons. The minimum Gasteiger partial charge on any atom is -0.465 e. The molecule has 84 valence electrons. The van der Waals surface area contributed by atoms with Crippen molar-refractivity contribution in [2.24, 2.45) is 5.92 Å². The Morgan fingerprint density at radius 2 is 2.47 bits per heavy atom. The van der Waals surface area contributed by atoms with Gasteiger partial charge in [-0.25, -0.2) is 0 Å². The maximum Gasteiger partial charge on any atom is 0.312 e. The van der Waals surface area contributed by atoms with Crippen LogP contribution in [0.3, 0.4) is 0 Å². The molecule has 0 spiro atoms. The Kier molecular flexibility index (Phi) is 4.10. The van der Waals surface area contributed by atoms with E-state index in [1.54, 1.807) is 0 Å². The summed E-state index contributed by atoms with van der Waals surface area (Å²) in [6.45, 7) is 2.39. The molecule has 1 aliphatic rings. The summed E-state index contributed by atoms with van der Waals surface area (Å²) in [6.07, 6.45) is 3.41. The van der Waals surface area contributed by atoms with E-state index in [4.69, 9.17) is 10.00 Å². The molecule has 4 heteroatoms. The summed E-state index contributed by atoms with van der Waals surface area (Å²) < 4.78 is 5.01. The third-order valence-electron chi connectivity index (χ3n) is 2.85. The second-order valence-corrected chi connectivity index (χ2v) is 4.00. The molecule has 1 rings (SSSR count). The van der Waals surface area contributed by atoms with Gasteiger partial charge in [0.25, 0.3) is 0 Å². The molecule has 0 amide bonds. The van der Waals surface area contributed by atoms with Gasteiger partial charge < -0.3 is 9.84 Å². The fraction of sp³-hybridized carbons (Fsp3) is 0.818. The van der Waals surface area contributed by atoms with E-state index in [1.165, 1.54) is 0 Å². The van der Waals surface area contributed by atoms with Crippen LogP contribution in [0.25, 0.3) is 0 Å². The zero-order chi connectivity index (χ0) is 11.3. The Bertz CT molecular complexity index is 271. The molecule has 1 fully saturated rings. The number of carbonyl (C=O) groups is 1. The van der Waals surface area contributed by atoms with Gasteiger partial charge in [0.2, 0.25) is 0 Å². The first-order chi connectivity index (χ1) is 7.14. The van der Waals surface area contributed by atoms with Crippen molar-refractivity contribution in [1.82, 2.24) is 0 Å². The Morgan fingerprint density at radius 1 is 1.73 bits per heavy atom. The summed E-state index contributed by atoms with van der Waals surface area (Å²) in [7, 11) is 0. The highest BCUT2D eigenvalue weighted by molar-refractivity contribution is 5.75. The lowest BCUT2D eigenvalue weighted by atomic mass is 9.92. The molecule has 0 unspecified atom stereocenters. The summed E-state index contributed by atoms with van der Waals surface area (Å²) >= 11 is 0. The van der Waals surface area contributed by atoms with Crippen LogP contribution in [-0.4, -0.2) is 23.3 Å². The molecule has 0 aromatic rings. The van der Waals surface area contributed by atoms with E-state index in [9.17, 15) is 9.90 Å². The van der Waals surface area contributed by atoms with Gasteiger partial charge in [-0.05, 0) is 25.7 Å². The van der Waals surface area contributed by atoms with Crippen molar-refractivity contribution in [2.75, 3.05) is 6.61 Å². The molecule has 0 saturated heterocycles. The van der Waals surface area contributed by atoms with Crippen molar-refractivity contribution in [3.8, 4) is 6.07 Å². The van der Waals surface area contributed by atoms with E-state index in [-0.39, 0.29) is 0 Å². The molecular weight excluding hydrogens is 194 g/mol. The molecule has 15 heavy (non-hydrogen) atoms. The highest BCUT2D eigenvalue weighted by Gasteiger charge is 2.46. The molecule has 1 N–H and O–H groups in total. The number of unbranched alkanes of at least 4 members (excludes halogenated alkanes) is 1. The third kappa shape index (κ3) is 2.69. The van der Waals surface area contributed by atoms with Crippen LogP contribution in [0, 0.1) is 17.2 Å². The average Bonchev–Trinajstić information content (AvgIpc) is 2.61. The molecule has 4 nitrogen and oxygen atoms in total. The number of ether oxygens (including phenoxy) is 1. The fourth-order valence-corrected chi connectivity index (χ4v) is 1.85. The highest BCUT2D eigenvalue weighted by Crippen LogP contribution is 2.35. The predicted molar refractivity (Wildman–Crippen MR) is 53.8 cm³/mol. The minimum absolute atomic E-state index is 0.372. The predicted octanol–water partition coefficient (Wildman–Crippen LogP) is 1.38. The minimum atomic E-state index is -1.50. The van der Waals surface area contributed by atoms with E-state index < -0.39 is 17.5 Å². The molecule has 0 aromatic heterocycles. The maximum absolute atomic E-state index is 11.6. The number of hydrogen-bond donors (Lipinski definition) is 1. The van der Waals surface area contributed by atoms with Gasteiger partial charge in [-0.15, -0.1) is 0 Å². The van der Waals surface area contributed by atoms with Gasteiger partial charge in [-0.3, -0.25) is 4.79 Å². The van der Waals surface area contributed by atoms with Gasteiger partial charge in [-0.2, -0.15) is 5.26 Å². The molecule has 0 aliphatic heterocycles. The molecule has 1 aliphatic carbocycles. The van der Waals surface area contributed by atoms with E-state index in [0.29, 0.717) is 25.9 Å². The van der Waals surface area contributed by atoms with Crippen LogP contribution in [0.1, 0.15) is 39.0 Å². The summed E-state index contributed by atoms with van der Waals surface area (Å²) in [4.78, 5) is 11.6. The van der Waals surface area contributed by atoms with Crippen molar-refractivity contribution in [3.63, 3.8) is 0 Å². The Morgan fingerprint density at radius 3 is 3.07 bits per heavy atom. The third-order valence-corrected chi connectivity index (χ3v) is 2.85. The summed E-state index contributed by atoms with van der Waals surface area (Å²) in [6, 6.07) is 1.82. The fourth-order valence-electron chi connectivity index (χ4n) is 1.85. The standard InChI is InChI=1S/C11H17NO3/c1-2-3-7-15-10(13)9-5-4-6-11(9,14)8-12/h9,14H,2-7H2,1H3/t9-,11+/m1/s1. The number of esters is 1. The van der Waals surface area contributed by atoms with Crippen LogP contribution >= 0.6 is 0 Å². The lowest BCUT2D eigenvalue weighted by Gasteiger charge is -2.20. The van der Waals surface area contributed by atoms with Crippen molar-refractivity contribution < 1.29 is 14.6 Å². The van der Waals surface area contributed by atoms with Gasteiger partial charge in [0.1, 0.15) is 0 Å². The van der Waals surface area contributed by atoms with Gasteiger partial charge in [-0.1, -0.05) is 13.3 Å². The number of carbonyl (C=O) groups excluding carboxylic acids is 1. The molecule has 1 saturated carbocycles. The number of hydrogen-bond acceptors (Lipinski definition) is 4. The lowest BCUT2D eigenvalue weighted by molar-refractivity contribution is -0.153. The monoisotopic (exact) mass is 211 g/mol. The molecular formula is C11H17NO3. The van der Waals surface area contributed by atoms with E-state index in [0.717, 1.165) is 12.8 Å². The first-order valence-corrected chi connectivity index (χ1v) is 5.44. The maximum atomic E-state index is 11.6. The van der Waals surface area contributed by atoms with Crippen molar-refractivity contribution in [1.29, 1.82) is 5.26 Å². The second kappa shape index (κ2) is 5.13. The topological polar surface area (TPSA) is 70.3 Å². The summed E-state index contributed by atoms with van der Waals surface area (Å²) in [5, 5.41) is 18.6. The molecule has 2 atom stereocenters. The first kappa shape index (κ1) is 12.0. The zero-order valence-corrected chi connectivity index (χ0v) is 9.03. The van der Waals surface area contributed by atoms with Crippen LogP contribution in [0.4, 0.5) is 0 Å². The van der Waals surface area contributed by atoms with E-state index >= 15 is 0 Å². The van der Waals surface area contributed by atoms with E-state index in [1.807, 2.05) is 13.0 Å². The lowest BCUT2D eigenvalue weighted by Crippen LogP contribution is -2.37. The van der Waals surface area contributed by atoms with E-state index in [2.05, 4.69) is 0 Å². The largest absolute Gasteiger partial charge is 0.465 e. The van der Waals surface area contributed by atoms with Gasteiger partial charge in [0.05, 0.1) is 18.6 Å². The van der Waals surface area contributed by atoms with Crippen LogP contribution in [0.5, 0.6) is 0 Å². The molecule has 0 heterocycles. The number of nitrogens with zero attached hydrogens (tertiary/aromatic N) is 1. The van der Waals surface area contributed by atoms with Crippen LogP contribution in [0.2, 0.25) is 0 Å². The average molecular weight is 211 g/mol. The summed E-state index contributed by atoms with van der Waals surface area (Å²) in [5.74, 6) is -1.08. The van der Waals surface area contributed by atoms with Crippen LogP contribution in [-0.2, 0) is 9.53 Å². The first-order valence-electron chi connectivity index (χ1n) is 5.44. The molecule has 0 bridgehead atoms. The Hall–Kier alpha value is -1.08. The highest BCUT2D eigenvalue weighted by atomic mass is 16.5. The van der Waals surface area contributed by atoms with Crippen molar-refractivity contribution in [2.45, 2.75) is 44.6 Å². The zero-order valence-electron chi connectivity index (χ0n) is 9.03. The van der Waals surface area contributed by atoms with Crippen molar-refractivity contribution >= 4 is 5.97 Å². The normalized spacial score (nSPS) is 29.8. The smallest absolute Gasteiger partial charge is 0.312 e. The Labute approximate surface area is 89.8 Å². The number of nitriles is 1. The quantitative estimate of drug-likeness (QED) is 0.433. The van der Waals surface area contributed by atoms with Gasteiger partial charge >= 0.3 is 5.97 Å². The van der Waals surface area contributed by atoms with Gasteiger partial charge in [0, 0.05) is 0 Å². The number of rotatable bonds is 4. The number of aliphatic hydroxyl groups is 1. The molecule has 0 aromatic carbocycles. The second-order valence-electron chi connectivity index (χ2n) is 4.00.